The van der Waals surface area contributed by atoms with Crippen molar-refractivity contribution in [1.82, 2.24) is 4.98 Å². The van der Waals surface area contributed by atoms with Gasteiger partial charge in [0.2, 0.25) is 0 Å². The lowest BCUT2D eigenvalue weighted by Crippen LogP contribution is -2.30. The van der Waals surface area contributed by atoms with E-state index in [1.807, 2.05) is 6.92 Å². The molecule has 1 unspecified atom stereocenters. The summed E-state index contributed by atoms with van der Waals surface area (Å²) in [5.74, 6) is -0.321. The Hall–Kier alpha value is -0.810. The highest BCUT2D eigenvalue weighted by molar-refractivity contribution is 9.10. The van der Waals surface area contributed by atoms with Gasteiger partial charge in [0, 0.05) is 10.7 Å². The first-order chi connectivity index (χ1) is 7.58. The van der Waals surface area contributed by atoms with Crippen LogP contribution in [-0.2, 0) is 9.53 Å². The number of halogens is 2. The van der Waals surface area contributed by atoms with Gasteiger partial charge in [0.05, 0.1) is 12.8 Å². The molecule has 1 rings (SSSR count). The molecule has 16 heavy (non-hydrogen) atoms. The Kier molecular flexibility index (Phi) is 5.02. The number of carbonyl (C=O) groups excluding carboxylic acids is 1. The van der Waals surface area contributed by atoms with E-state index in [9.17, 15) is 4.79 Å². The minimum absolute atomic E-state index is 0.321. The number of nitrogens with zero attached hydrogens (tertiary/aromatic N) is 1. The third kappa shape index (κ3) is 3.35. The normalized spacial score (nSPS) is 12.0. The Labute approximate surface area is 107 Å². The van der Waals surface area contributed by atoms with E-state index < -0.39 is 6.04 Å². The maximum atomic E-state index is 11.4. The van der Waals surface area contributed by atoms with Gasteiger partial charge in [-0.15, -0.1) is 0 Å². The zero-order chi connectivity index (χ0) is 12.1. The summed E-state index contributed by atoms with van der Waals surface area (Å²) in [6.07, 6.45) is 2.20. The van der Waals surface area contributed by atoms with Crippen molar-refractivity contribution in [1.29, 1.82) is 0 Å². The van der Waals surface area contributed by atoms with Gasteiger partial charge in [-0.3, -0.25) is 0 Å². The second-order valence-electron chi connectivity index (χ2n) is 3.12. The van der Waals surface area contributed by atoms with E-state index in [-0.39, 0.29) is 5.97 Å². The number of methoxy groups -OCH3 is 1. The molecule has 0 bridgehead atoms. The number of hydrogen-bond donors (Lipinski definition) is 1. The molecule has 1 atom stereocenters. The van der Waals surface area contributed by atoms with Gasteiger partial charge in [-0.2, -0.15) is 0 Å². The number of nitrogens with one attached hydrogen (secondary N) is 1. The van der Waals surface area contributed by atoms with Crippen LogP contribution in [0.2, 0.25) is 5.15 Å². The third-order valence-electron chi connectivity index (χ3n) is 2.03. The Bertz CT molecular complexity index is 387. The molecule has 4 nitrogen and oxygen atoms in total. The SMILES string of the molecule is CCC(Nc1cc(Br)cnc1Cl)C(=O)OC. The first kappa shape index (κ1) is 13.3. The van der Waals surface area contributed by atoms with E-state index in [2.05, 4.69) is 31.0 Å². The van der Waals surface area contributed by atoms with Crippen LogP contribution < -0.4 is 5.32 Å². The molecule has 1 N–H and O–H groups in total. The van der Waals surface area contributed by atoms with Crippen LogP contribution in [-0.4, -0.2) is 24.1 Å². The number of anilines is 1. The van der Waals surface area contributed by atoms with Crippen molar-refractivity contribution < 1.29 is 9.53 Å². The molecular formula is C10H12BrClN2O2. The van der Waals surface area contributed by atoms with Crippen molar-refractivity contribution in [3.63, 3.8) is 0 Å². The van der Waals surface area contributed by atoms with Gasteiger partial charge >= 0.3 is 5.97 Å². The Morgan fingerprint density at radius 2 is 2.44 bits per heavy atom. The number of hydrogen-bond acceptors (Lipinski definition) is 4. The van der Waals surface area contributed by atoms with E-state index in [1.165, 1.54) is 7.11 Å². The summed E-state index contributed by atoms with van der Waals surface area (Å²) < 4.78 is 5.46. The predicted molar refractivity (Wildman–Crippen MR) is 66.7 cm³/mol. The van der Waals surface area contributed by atoms with Gasteiger partial charge in [-0.05, 0) is 28.4 Å². The summed E-state index contributed by atoms with van der Waals surface area (Å²) in [6.45, 7) is 1.88. The molecule has 0 fully saturated rings. The average Bonchev–Trinajstić information content (AvgIpc) is 2.29. The molecule has 88 valence electrons. The van der Waals surface area contributed by atoms with Crippen LogP contribution in [0.3, 0.4) is 0 Å². The molecule has 0 radical (unpaired) electrons. The molecule has 0 aromatic carbocycles. The summed E-state index contributed by atoms with van der Waals surface area (Å²) in [7, 11) is 1.35. The van der Waals surface area contributed by atoms with Gasteiger partial charge in [-0.25, -0.2) is 9.78 Å². The lowest BCUT2D eigenvalue weighted by Gasteiger charge is -2.16. The van der Waals surface area contributed by atoms with Gasteiger partial charge in [-0.1, -0.05) is 18.5 Å². The van der Waals surface area contributed by atoms with Crippen molar-refractivity contribution >= 4 is 39.2 Å². The maximum absolute atomic E-state index is 11.4. The molecule has 0 spiro atoms. The van der Waals surface area contributed by atoms with E-state index in [0.717, 1.165) is 4.47 Å². The van der Waals surface area contributed by atoms with Crippen molar-refractivity contribution in [3.05, 3.63) is 21.9 Å². The lowest BCUT2D eigenvalue weighted by atomic mass is 10.2. The topological polar surface area (TPSA) is 51.2 Å². The molecule has 1 aromatic heterocycles. The lowest BCUT2D eigenvalue weighted by molar-refractivity contribution is -0.141. The molecule has 6 heteroatoms. The van der Waals surface area contributed by atoms with E-state index >= 15 is 0 Å². The van der Waals surface area contributed by atoms with Gasteiger partial charge in [0.1, 0.15) is 6.04 Å². The minimum Gasteiger partial charge on any atom is -0.467 e. The second kappa shape index (κ2) is 6.06. The fraction of sp³-hybridized carbons (Fsp3) is 0.400. The first-order valence-electron chi connectivity index (χ1n) is 4.73. The second-order valence-corrected chi connectivity index (χ2v) is 4.39. The summed E-state index contributed by atoms with van der Waals surface area (Å²) in [5.41, 5.74) is 0.605. The third-order valence-corrected chi connectivity index (χ3v) is 2.76. The number of ether oxygens (including phenoxy) is 1. The van der Waals surface area contributed by atoms with Crippen LogP contribution in [0.4, 0.5) is 5.69 Å². The molecule has 0 amide bonds. The fourth-order valence-corrected chi connectivity index (χ4v) is 1.67. The highest BCUT2D eigenvalue weighted by Gasteiger charge is 2.17. The zero-order valence-corrected chi connectivity index (χ0v) is 11.3. The van der Waals surface area contributed by atoms with Crippen LogP contribution in [0.5, 0.6) is 0 Å². The van der Waals surface area contributed by atoms with Crippen LogP contribution >= 0.6 is 27.5 Å². The van der Waals surface area contributed by atoms with Crippen molar-refractivity contribution in [3.8, 4) is 0 Å². The smallest absolute Gasteiger partial charge is 0.328 e. The highest BCUT2D eigenvalue weighted by Crippen LogP contribution is 2.24. The number of aromatic nitrogens is 1. The quantitative estimate of drug-likeness (QED) is 0.686. The van der Waals surface area contributed by atoms with Crippen molar-refractivity contribution in [2.75, 3.05) is 12.4 Å². The molecule has 0 aliphatic carbocycles. The van der Waals surface area contributed by atoms with Crippen molar-refractivity contribution in [2.45, 2.75) is 19.4 Å². The first-order valence-corrected chi connectivity index (χ1v) is 5.91. The Morgan fingerprint density at radius 1 is 1.75 bits per heavy atom. The van der Waals surface area contributed by atoms with Gasteiger partial charge in [0.25, 0.3) is 0 Å². The number of esters is 1. The summed E-state index contributed by atoms with van der Waals surface area (Å²) in [6, 6.07) is 1.35. The van der Waals surface area contributed by atoms with E-state index in [4.69, 9.17) is 11.6 Å². The zero-order valence-electron chi connectivity index (χ0n) is 8.96. The van der Waals surface area contributed by atoms with Crippen molar-refractivity contribution in [2.24, 2.45) is 0 Å². The number of pyridine rings is 1. The van der Waals surface area contributed by atoms with Crippen LogP contribution in [0.15, 0.2) is 16.7 Å². The van der Waals surface area contributed by atoms with E-state index in [0.29, 0.717) is 17.3 Å². The summed E-state index contributed by atoms with van der Waals surface area (Å²) in [5, 5.41) is 3.31. The summed E-state index contributed by atoms with van der Waals surface area (Å²) >= 11 is 9.18. The van der Waals surface area contributed by atoms with Gasteiger partial charge < -0.3 is 10.1 Å². The molecule has 1 heterocycles. The Morgan fingerprint density at radius 3 is 3.00 bits per heavy atom. The largest absolute Gasteiger partial charge is 0.467 e. The maximum Gasteiger partial charge on any atom is 0.328 e. The average molecular weight is 308 g/mol. The highest BCUT2D eigenvalue weighted by atomic mass is 79.9. The summed E-state index contributed by atoms with van der Waals surface area (Å²) in [4.78, 5) is 15.3. The predicted octanol–water partition coefficient (Wildman–Crippen LogP) is 2.86. The van der Waals surface area contributed by atoms with Crippen LogP contribution in [0.1, 0.15) is 13.3 Å². The molecule has 0 saturated carbocycles. The van der Waals surface area contributed by atoms with Crippen LogP contribution in [0.25, 0.3) is 0 Å². The molecule has 0 aliphatic heterocycles. The Balaban J connectivity index is 2.85. The van der Waals surface area contributed by atoms with Gasteiger partial charge in [0.15, 0.2) is 5.15 Å². The molecule has 0 aliphatic rings. The molecule has 0 saturated heterocycles. The molecule has 1 aromatic rings. The molecular weight excluding hydrogens is 295 g/mol. The minimum atomic E-state index is -0.418. The standard InChI is InChI=1S/C10H12BrClN2O2/c1-3-7(10(15)16-2)14-8-4-6(11)5-13-9(8)12/h4-5,7,14H,3H2,1-2H3. The number of rotatable bonds is 4. The monoisotopic (exact) mass is 306 g/mol. The fourth-order valence-electron chi connectivity index (χ4n) is 1.18. The van der Waals surface area contributed by atoms with E-state index in [1.54, 1.807) is 12.3 Å². The number of carbonyl (C=O) groups is 1. The van der Waals surface area contributed by atoms with Crippen LogP contribution in [0, 0.1) is 0 Å².